The number of amides is 1. The van der Waals surface area contributed by atoms with Crippen LogP contribution in [0.3, 0.4) is 0 Å². The number of rotatable bonds is 7. The van der Waals surface area contributed by atoms with E-state index >= 15 is 0 Å². The number of aryl methyl sites for hydroxylation is 1. The van der Waals surface area contributed by atoms with E-state index in [4.69, 9.17) is 11.6 Å². The predicted molar refractivity (Wildman–Crippen MR) is 98.9 cm³/mol. The van der Waals surface area contributed by atoms with E-state index in [0.717, 1.165) is 0 Å². The highest BCUT2D eigenvalue weighted by atomic mass is 35.5. The molecule has 26 heavy (non-hydrogen) atoms. The van der Waals surface area contributed by atoms with Crippen molar-refractivity contribution in [3.63, 3.8) is 0 Å². The molecule has 0 radical (unpaired) electrons. The average molecular weight is 378 g/mol. The molecule has 0 heterocycles. The molecule has 1 atom stereocenters. The number of benzene rings is 2. The largest absolute Gasteiger partial charge is 0.478 e. The van der Waals surface area contributed by atoms with Crippen molar-refractivity contribution < 1.29 is 19.1 Å². The number of halogens is 2. The van der Waals surface area contributed by atoms with Gasteiger partial charge in [-0.15, -0.1) is 0 Å². The molecule has 0 aliphatic rings. The van der Waals surface area contributed by atoms with Crippen LogP contribution in [0.1, 0.15) is 47.8 Å². The molecule has 0 spiro atoms. The Bertz CT molecular complexity index is 807. The van der Waals surface area contributed by atoms with Gasteiger partial charge in [0.1, 0.15) is 5.82 Å². The lowest BCUT2D eigenvalue weighted by Gasteiger charge is -2.23. The van der Waals surface area contributed by atoms with Gasteiger partial charge in [0.15, 0.2) is 0 Å². The van der Waals surface area contributed by atoms with Crippen LogP contribution >= 0.6 is 11.6 Å². The molecule has 0 bridgehead atoms. The van der Waals surface area contributed by atoms with Crippen LogP contribution in [0.15, 0.2) is 42.5 Å². The second-order valence-corrected chi connectivity index (χ2v) is 6.85. The van der Waals surface area contributed by atoms with Gasteiger partial charge in [0, 0.05) is 17.0 Å². The van der Waals surface area contributed by atoms with Gasteiger partial charge in [0.2, 0.25) is 5.91 Å². The average Bonchev–Trinajstić information content (AvgIpc) is 2.58. The van der Waals surface area contributed by atoms with Crippen molar-refractivity contribution in [2.45, 2.75) is 32.7 Å². The Balaban J connectivity index is 2.08. The van der Waals surface area contributed by atoms with Crippen LogP contribution in [-0.2, 0) is 11.2 Å². The normalized spacial score (nSPS) is 12.0. The number of carbonyl (C=O) groups is 2. The first-order valence-electron chi connectivity index (χ1n) is 8.35. The molecule has 0 saturated carbocycles. The van der Waals surface area contributed by atoms with E-state index in [9.17, 15) is 19.1 Å². The summed E-state index contributed by atoms with van der Waals surface area (Å²) in [6, 6.07) is 10.5. The molecule has 1 amide bonds. The maximum Gasteiger partial charge on any atom is 0.335 e. The molecule has 1 unspecified atom stereocenters. The third-order valence-electron chi connectivity index (χ3n) is 4.15. The summed E-state index contributed by atoms with van der Waals surface area (Å²) >= 11 is 5.79. The minimum Gasteiger partial charge on any atom is -0.478 e. The zero-order valence-electron chi connectivity index (χ0n) is 14.6. The zero-order valence-corrected chi connectivity index (χ0v) is 15.4. The summed E-state index contributed by atoms with van der Waals surface area (Å²) in [6.07, 6.45) is 0.408. The summed E-state index contributed by atoms with van der Waals surface area (Å²) in [5, 5.41) is 12.3. The minimum atomic E-state index is -1.02. The van der Waals surface area contributed by atoms with Gasteiger partial charge in [-0.05, 0) is 36.1 Å². The number of carboxylic acids is 1. The summed E-state index contributed by atoms with van der Waals surface area (Å²) in [6.45, 7) is 3.78. The van der Waals surface area contributed by atoms with Gasteiger partial charge in [-0.2, -0.15) is 0 Å². The maximum absolute atomic E-state index is 14.2. The third-order valence-corrected chi connectivity index (χ3v) is 4.38. The SMILES string of the molecule is CC(C)C(NC(=O)CCc1ccccc1C(=O)O)c1ccc(Cl)cc1F. The quantitative estimate of drug-likeness (QED) is 0.739. The zero-order chi connectivity index (χ0) is 19.3. The summed E-state index contributed by atoms with van der Waals surface area (Å²) < 4.78 is 14.2. The second kappa shape index (κ2) is 8.81. The molecule has 2 aromatic carbocycles. The van der Waals surface area contributed by atoms with Crippen LogP contribution < -0.4 is 5.32 Å². The van der Waals surface area contributed by atoms with Crippen molar-refractivity contribution >= 4 is 23.5 Å². The van der Waals surface area contributed by atoms with Gasteiger partial charge < -0.3 is 10.4 Å². The number of carboxylic acid groups (broad SMARTS) is 1. The lowest BCUT2D eigenvalue weighted by Crippen LogP contribution is -2.32. The minimum absolute atomic E-state index is 0.0269. The van der Waals surface area contributed by atoms with E-state index < -0.39 is 17.8 Å². The first-order chi connectivity index (χ1) is 12.3. The molecule has 0 saturated heterocycles. The van der Waals surface area contributed by atoms with E-state index in [-0.39, 0.29) is 23.8 Å². The van der Waals surface area contributed by atoms with Crippen molar-refractivity contribution in [2.24, 2.45) is 5.92 Å². The molecule has 0 aromatic heterocycles. The van der Waals surface area contributed by atoms with Crippen LogP contribution in [0.5, 0.6) is 0 Å². The number of carbonyl (C=O) groups excluding carboxylic acids is 1. The van der Waals surface area contributed by atoms with Gasteiger partial charge in [-0.25, -0.2) is 9.18 Å². The van der Waals surface area contributed by atoms with Crippen LogP contribution in [0.4, 0.5) is 4.39 Å². The Kier molecular flexibility index (Phi) is 6.75. The highest BCUT2D eigenvalue weighted by molar-refractivity contribution is 6.30. The van der Waals surface area contributed by atoms with Gasteiger partial charge in [0.05, 0.1) is 11.6 Å². The molecule has 4 nitrogen and oxygen atoms in total. The molecule has 0 aliphatic carbocycles. The van der Waals surface area contributed by atoms with E-state index in [0.29, 0.717) is 22.6 Å². The number of hydrogen-bond donors (Lipinski definition) is 2. The smallest absolute Gasteiger partial charge is 0.335 e. The fourth-order valence-electron chi connectivity index (χ4n) is 2.80. The Labute approximate surface area is 157 Å². The summed E-state index contributed by atoms with van der Waals surface area (Å²) in [5.74, 6) is -1.78. The Morgan fingerprint density at radius 1 is 1.19 bits per heavy atom. The van der Waals surface area contributed by atoms with Crippen molar-refractivity contribution in [3.8, 4) is 0 Å². The predicted octanol–water partition coefficient (Wildman–Crippen LogP) is 4.62. The van der Waals surface area contributed by atoms with Gasteiger partial charge in [-0.1, -0.05) is 49.7 Å². The van der Waals surface area contributed by atoms with E-state index in [1.807, 2.05) is 13.8 Å². The fraction of sp³-hybridized carbons (Fsp3) is 0.300. The van der Waals surface area contributed by atoms with Crippen molar-refractivity contribution in [2.75, 3.05) is 0 Å². The molecule has 0 fully saturated rings. The van der Waals surface area contributed by atoms with Crippen LogP contribution in [0.2, 0.25) is 5.02 Å². The maximum atomic E-state index is 14.2. The summed E-state index contributed by atoms with van der Waals surface area (Å²) in [7, 11) is 0. The van der Waals surface area contributed by atoms with E-state index in [1.54, 1.807) is 30.3 Å². The van der Waals surface area contributed by atoms with Crippen LogP contribution in [0, 0.1) is 11.7 Å². The standard InChI is InChI=1S/C20H21ClFNO3/c1-12(2)19(16-9-8-14(21)11-17(16)22)23-18(24)10-7-13-5-3-4-6-15(13)20(25)26/h3-6,8-9,11-12,19H,7,10H2,1-2H3,(H,23,24)(H,25,26). The molecule has 2 N–H and O–H groups in total. The second-order valence-electron chi connectivity index (χ2n) is 6.42. The van der Waals surface area contributed by atoms with Crippen molar-refractivity contribution in [3.05, 3.63) is 70.0 Å². The summed E-state index contributed by atoms with van der Waals surface area (Å²) in [5.41, 5.74) is 1.15. The van der Waals surface area contributed by atoms with Gasteiger partial charge in [-0.3, -0.25) is 4.79 Å². The fourth-order valence-corrected chi connectivity index (χ4v) is 2.96. The number of hydrogen-bond acceptors (Lipinski definition) is 2. The lowest BCUT2D eigenvalue weighted by atomic mass is 9.95. The molecular formula is C20H21ClFNO3. The Morgan fingerprint density at radius 2 is 1.88 bits per heavy atom. The number of aromatic carboxylic acids is 1. The van der Waals surface area contributed by atoms with Crippen molar-refractivity contribution in [1.29, 1.82) is 0 Å². The molecule has 138 valence electrons. The van der Waals surface area contributed by atoms with E-state index in [2.05, 4.69) is 5.32 Å². The van der Waals surface area contributed by atoms with Crippen molar-refractivity contribution in [1.82, 2.24) is 5.32 Å². The topological polar surface area (TPSA) is 66.4 Å². The molecule has 0 aliphatic heterocycles. The third kappa shape index (κ3) is 5.05. The summed E-state index contributed by atoms with van der Waals surface area (Å²) in [4.78, 5) is 23.6. The monoisotopic (exact) mass is 377 g/mol. The van der Waals surface area contributed by atoms with Gasteiger partial charge in [0.25, 0.3) is 0 Å². The van der Waals surface area contributed by atoms with Crippen LogP contribution in [-0.4, -0.2) is 17.0 Å². The molecule has 6 heteroatoms. The molecular weight excluding hydrogens is 357 g/mol. The first-order valence-corrected chi connectivity index (χ1v) is 8.73. The lowest BCUT2D eigenvalue weighted by molar-refractivity contribution is -0.122. The van der Waals surface area contributed by atoms with E-state index in [1.165, 1.54) is 12.1 Å². The Hall–Kier alpha value is -2.40. The van der Waals surface area contributed by atoms with Crippen LogP contribution in [0.25, 0.3) is 0 Å². The number of nitrogens with one attached hydrogen (secondary N) is 1. The highest BCUT2D eigenvalue weighted by Gasteiger charge is 2.22. The van der Waals surface area contributed by atoms with Gasteiger partial charge >= 0.3 is 5.97 Å². The highest BCUT2D eigenvalue weighted by Crippen LogP contribution is 2.26. The molecule has 2 aromatic rings. The molecule has 2 rings (SSSR count). The Morgan fingerprint density at radius 3 is 2.50 bits per heavy atom. The first kappa shape index (κ1) is 19.9.